The third kappa shape index (κ3) is 1.77. The van der Waals surface area contributed by atoms with Crippen LogP contribution in [0.15, 0.2) is 18.2 Å². The molecular formula is C11H12ClFO. The molecule has 2 rings (SSSR count). The molecule has 1 aliphatic carbocycles. The molecule has 1 aliphatic rings. The summed E-state index contributed by atoms with van der Waals surface area (Å²) >= 11 is 5.89. The van der Waals surface area contributed by atoms with Crippen LogP contribution in [0.5, 0.6) is 0 Å². The standard InChI is InChI=1S/C11H12ClFO/c12-10-5-4-8(13)6-9(10)11(14)7-2-1-3-7/h4-7,11,14H,1-3H2. The van der Waals surface area contributed by atoms with E-state index in [4.69, 9.17) is 11.6 Å². The summed E-state index contributed by atoms with van der Waals surface area (Å²) in [5.41, 5.74) is 0.524. The minimum Gasteiger partial charge on any atom is -0.388 e. The lowest BCUT2D eigenvalue weighted by atomic mass is 9.79. The van der Waals surface area contributed by atoms with Gasteiger partial charge < -0.3 is 5.11 Å². The first-order valence-electron chi connectivity index (χ1n) is 4.81. The van der Waals surface area contributed by atoms with Gasteiger partial charge >= 0.3 is 0 Å². The van der Waals surface area contributed by atoms with Gasteiger partial charge in [0.05, 0.1) is 6.10 Å². The first-order valence-corrected chi connectivity index (χ1v) is 5.19. The summed E-state index contributed by atoms with van der Waals surface area (Å²) < 4.78 is 12.9. The molecule has 3 heteroatoms. The van der Waals surface area contributed by atoms with E-state index in [1.807, 2.05) is 0 Å². The molecule has 1 aromatic carbocycles. The van der Waals surface area contributed by atoms with Crippen LogP contribution in [0.4, 0.5) is 4.39 Å². The van der Waals surface area contributed by atoms with E-state index < -0.39 is 6.10 Å². The van der Waals surface area contributed by atoms with Crippen molar-refractivity contribution in [3.05, 3.63) is 34.6 Å². The Labute approximate surface area is 87.5 Å². The average Bonchev–Trinajstić information content (AvgIpc) is 2.06. The third-order valence-corrected chi connectivity index (χ3v) is 3.22. The minimum atomic E-state index is -0.605. The normalized spacial score (nSPS) is 19.1. The lowest BCUT2D eigenvalue weighted by Gasteiger charge is -2.30. The second kappa shape index (κ2) is 3.87. The van der Waals surface area contributed by atoms with Crippen molar-refractivity contribution in [1.29, 1.82) is 0 Å². The van der Waals surface area contributed by atoms with Gasteiger partial charge in [-0.2, -0.15) is 0 Å². The van der Waals surface area contributed by atoms with Crippen molar-refractivity contribution in [2.75, 3.05) is 0 Å². The molecule has 0 bridgehead atoms. The Kier molecular flexibility index (Phi) is 2.75. The zero-order valence-corrected chi connectivity index (χ0v) is 8.47. The molecule has 76 valence electrons. The topological polar surface area (TPSA) is 20.2 Å². The largest absolute Gasteiger partial charge is 0.388 e. The van der Waals surface area contributed by atoms with Crippen LogP contribution >= 0.6 is 11.6 Å². The third-order valence-electron chi connectivity index (χ3n) is 2.87. The molecule has 14 heavy (non-hydrogen) atoms. The average molecular weight is 215 g/mol. The zero-order chi connectivity index (χ0) is 10.1. The first-order chi connectivity index (χ1) is 6.68. The summed E-state index contributed by atoms with van der Waals surface area (Å²) in [7, 11) is 0. The van der Waals surface area contributed by atoms with Crippen molar-refractivity contribution < 1.29 is 9.50 Å². The predicted octanol–water partition coefficient (Wildman–Crippen LogP) is 3.31. The number of hydrogen-bond acceptors (Lipinski definition) is 1. The van der Waals surface area contributed by atoms with E-state index in [2.05, 4.69) is 0 Å². The van der Waals surface area contributed by atoms with Gasteiger partial charge in [0.15, 0.2) is 0 Å². The van der Waals surface area contributed by atoms with Crippen molar-refractivity contribution in [1.82, 2.24) is 0 Å². The molecule has 0 saturated heterocycles. The minimum absolute atomic E-state index is 0.259. The Hall–Kier alpha value is -0.600. The highest BCUT2D eigenvalue weighted by Gasteiger charge is 2.28. The molecule has 1 atom stereocenters. The van der Waals surface area contributed by atoms with Gasteiger partial charge in [-0.05, 0) is 37.0 Å². The highest BCUT2D eigenvalue weighted by Crippen LogP contribution is 2.39. The van der Waals surface area contributed by atoms with Crippen molar-refractivity contribution in [2.45, 2.75) is 25.4 Å². The Morgan fingerprint density at radius 2 is 2.14 bits per heavy atom. The van der Waals surface area contributed by atoms with Crippen LogP contribution in [0.3, 0.4) is 0 Å². The molecule has 1 N–H and O–H groups in total. The van der Waals surface area contributed by atoms with E-state index in [9.17, 15) is 9.50 Å². The Morgan fingerprint density at radius 3 is 2.71 bits per heavy atom. The fourth-order valence-corrected chi connectivity index (χ4v) is 1.98. The van der Waals surface area contributed by atoms with Gasteiger partial charge in [0.1, 0.15) is 5.82 Å². The number of halogens is 2. The maximum atomic E-state index is 12.9. The van der Waals surface area contributed by atoms with E-state index in [1.165, 1.54) is 18.2 Å². The molecule has 0 amide bonds. The van der Waals surface area contributed by atoms with E-state index >= 15 is 0 Å². The number of benzene rings is 1. The number of aliphatic hydroxyl groups is 1. The molecule has 0 spiro atoms. The van der Waals surface area contributed by atoms with Crippen molar-refractivity contribution >= 4 is 11.6 Å². The summed E-state index contributed by atoms with van der Waals surface area (Å²) in [6.45, 7) is 0. The second-order valence-electron chi connectivity index (χ2n) is 3.80. The smallest absolute Gasteiger partial charge is 0.123 e. The van der Waals surface area contributed by atoms with E-state index in [0.29, 0.717) is 10.6 Å². The van der Waals surface area contributed by atoms with Gasteiger partial charge in [-0.25, -0.2) is 4.39 Å². The van der Waals surface area contributed by atoms with Crippen LogP contribution in [-0.4, -0.2) is 5.11 Å². The summed E-state index contributed by atoms with van der Waals surface area (Å²) in [4.78, 5) is 0. The molecular weight excluding hydrogens is 203 g/mol. The lowest BCUT2D eigenvalue weighted by Crippen LogP contribution is -2.20. The van der Waals surface area contributed by atoms with Crippen LogP contribution in [0.1, 0.15) is 30.9 Å². The van der Waals surface area contributed by atoms with Crippen molar-refractivity contribution in [3.63, 3.8) is 0 Å². The highest BCUT2D eigenvalue weighted by atomic mass is 35.5. The van der Waals surface area contributed by atoms with Crippen LogP contribution < -0.4 is 0 Å². The maximum absolute atomic E-state index is 12.9. The number of hydrogen-bond donors (Lipinski definition) is 1. The van der Waals surface area contributed by atoms with E-state index in [0.717, 1.165) is 19.3 Å². The summed E-state index contributed by atoms with van der Waals surface area (Å²) in [5.74, 6) is -0.0860. The summed E-state index contributed by atoms with van der Waals surface area (Å²) in [5, 5.41) is 10.3. The van der Waals surface area contributed by atoms with E-state index in [-0.39, 0.29) is 11.7 Å². The monoisotopic (exact) mass is 214 g/mol. The fraction of sp³-hybridized carbons (Fsp3) is 0.455. The molecule has 0 radical (unpaired) electrons. The van der Waals surface area contributed by atoms with Gasteiger partial charge in [-0.3, -0.25) is 0 Å². The Morgan fingerprint density at radius 1 is 1.43 bits per heavy atom. The molecule has 1 saturated carbocycles. The number of aliphatic hydroxyl groups excluding tert-OH is 1. The molecule has 0 aliphatic heterocycles. The Balaban J connectivity index is 2.24. The fourth-order valence-electron chi connectivity index (χ4n) is 1.75. The molecule has 1 nitrogen and oxygen atoms in total. The zero-order valence-electron chi connectivity index (χ0n) is 7.71. The highest BCUT2D eigenvalue weighted by molar-refractivity contribution is 6.31. The number of rotatable bonds is 2. The Bertz CT molecular complexity index is 336. The van der Waals surface area contributed by atoms with Crippen LogP contribution in [-0.2, 0) is 0 Å². The van der Waals surface area contributed by atoms with Crippen LogP contribution in [0, 0.1) is 11.7 Å². The van der Waals surface area contributed by atoms with Gasteiger partial charge in [0.25, 0.3) is 0 Å². The van der Waals surface area contributed by atoms with E-state index in [1.54, 1.807) is 0 Å². The lowest BCUT2D eigenvalue weighted by molar-refractivity contribution is 0.0619. The summed E-state index contributed by atoms with van der Waals surface area (Å²) in [6, 6.07) is 4.12. The molecule has 0 heterocycles. The van der Waals surface area contributed by atoms with Gasteiger partial charge in [-0.15, -0.1) is 0 Å². The van der Waals surface area contributed by atoms with Crippen molar-refractivity contribution in [3.8, 4) is 0 Å². The van der Waals surface area contributed by atoms with Gasteiger partial charge in [0, 0.05) is 10.6 Å². The molecule has 1 unspecified atom stereocenters. The molecule has 1 aromatic rings. The maximum Gasteiger partial charge on any atom is 0.123 e. The van der Waals surface area contributed by atoms with Gasteiger partial charge in [0.2, 0.25) is 0 Å². The summed E-state index contributed by atoms with van der Waals surface area (Å²) in [6.07, 6.45) is 2.56. The predicted molar refractivity (Wildman–Crippen MR) is 53.7 cm³/mol. The van der Waals surface area contributed by atoms with Crippen LogP contribution in [0.2, 0.25) is 5.02 Å². The molecule has 0 aromatic heterocycles. The first kappa shape index (κ1) is 9.94. The van der Waals surface area contributed by atoms with Gasteiger partial charge in [-0.1, -0.05) is 18.0 Å². The second-order valence-corrected chi connectivity index (χ2v) is 4.21. The van der Waals surface area contributed by atoms with Crippen LogP contribution in [0.25, 0.3) is 0 Å². The molecule has 1 fully saturated rings. The SMILES string of the molecule is OC(c1cc(F)ccc1Cl)C1CCC1. The van der Waals surface area contributed by atoms with Crippen molar-refractivity contribution in [2.24, 2.45) is 5.92 Å². The quantitative estimate of drug-likeness (QED) is 0.801.